The first-order valence-corrected chi connectivity index (χ1v) is 4.67. The highest BCUT2D eigenvalue weighted by Gasteiger charge is 2.08. The Bertz CT molecular complexity index is 353. The first kappa shape index (κ1) is 11.5. The molecular formula is C10H14N2O3. The van der Waals surface area contributed by atoms with Crippen LogP contribution in [0.3, 0.4) is 0 Å². The summed E-state index contributed by atoms with van der Waals surface area (Å²) in [6.07, 6.45) is 0. The summed E-state index contributed by atoms with van der Waals surface area (Å²) in [4.78, 5) is 10.2. The van der Waals surface area contributed by atoms with Crippen LogP contribution in [0.4, 0.5) is 5.69 Å². The van der Waals surface area contributed by atoms with Crippen molar-refractivity contribution in [3.8, 4) is 5.75 Å². The molecule has 1 N–H and O–H groups in total. The number of hydrogen-bond donors (Lipinski definition) is 1. The number of nitro groups is 1. The molecule has 0 aliphatic heterocycles. The van der Waals surface area contributed by atoms with Crippen LogP contribution in [0.2, 0.25) is 0 Å². The van der Waals surface area contributed by atoms with Gasteiger partial charge in [0.2, 0.25) is 0 Å². The lowest BCUT2D eigenvalue weighted by molar-refractivity contribution is -0.385. The summed E-state index contributed by atoms with van der Waals surface area (Å²) in [6.45, 7) is 3.01. The Labute approximate surface area is 88.2 Å². The van der Waals surface area contributed by atoms with E-state index in [2.05, 4.69) is 5.32 Å². The predicted molar refractivity (Wildman–Crippen MR) is 57.3 cm³/mol. The van der Waals surface area contributed by atoms with Crippen LogP contribution >= 0.6 is 0 Å². The van der Waals surface area contributed by atoms with Gasteiger partial charge in [-0.2, -0.15) is 0 Å². The van der Waals surface area contributed by atoms with Crippen LogP contribution in [-0.4, -0.2) is 25.1 Å². The zero-order chi connectivity index (χ0) is 11.3. The summed E-state index contributed by atoms with van der Waals surface area (Å²) in [6, 6.07) is 4.73. The summed E-state index contributed by atoms with van der Waals surface area (Å²) >= 11 is 0. The van der Waals surface area contributed by atoms with Crippen LogP contribution in [0.1, 0.15) is 5.56 Å². The Kier molecular flexibility index (Phi) is 4.05. The highest BCUT2D eigenvalue weighted by molar-refractivity contribution is 5.42. The number of aryl methyl sites for hydroxylation is 1. The maximum Gasteiger partial charge on any atom is 0.273 e. The summed E-state index contributed by atoms with van der Waals surface area (Å²) in [5, 5.41) is 13.5. The molecule has 5 nitrogen and oxygen atoms in total. The molecule has 0 heterocycles. The fraction of sp³-hybridized carbons (Fsp3) is 0.400. The maximum atomic E-state index is 10.6. The molecule has 0 spiro atoms. The Morgan fingerprint density at radius 3 is 2.80 bits per heavy atom. The number of rotatable bonds is 5. The van der Waals surface area contributed by atoms with Crippen molar-refractivity contribution in [1.29, 1.82) is 0 Å². The van der Waals surface area contributed by atoms with Crippen molar-refractivity contribution in [2.45, 2.75) is 6.92 Å². The van der Waals surface area contributed by atoms with Gasteiger partial charge in [0.25, 0.3) is 5.69 Å². The second-order valence-electron chi connectivity index (χ2n) is 3.21. The van der Waals surface area contributed by atoms with E-state index < -0.39 is 4.92 Å². The van der Waals surface area contributed by atoms with Crippen molar-refractivity contribution >= 4 is 5.69 Å². The number of nitrogens with zero attached hydrogens (tertiary/aromatic N) is 1. The molecule has 0 radical (unpaired) electrons. The summed E-state index contributed by atoms with van der Waals surface area (Å²) < 4.78 is 5.35. The topological polar surface area (TPSA) is 64.4 Å². The van der Waals surface area contributed by atoms with E-state index in [9.17, 15) is 10.1 Å². The normalized spacial score (nSPS) is 10.0. The highest BCUT2D eigenvalue weighted by Crippen LogP contribution is 2.21. The Balaban J connectivity index is 2.75. The van der Waals surface area contributed by atoms with Crippen molar-refractivity contribution in [3.63, 3.8) is 0 Å². The number of non-ortho nitro benzene ring substituents is 1. The molecule has 0 unspecified atom stereocenters. The van der Waals surface area contributed by atoms with Crippen LogP contribution in [0, 0.1) is 17.0 Å². The van der Waals surface area contributed by atoms with Crippen molar-refractivity contribution in [3.05, 3.63) is 33.9 Å². The number of nitro benzene ring substituents is 1. The van der Waals surface area contributed by atoms with Crippen molar-refractivity contribution in [2.24, 2.45) is 0 Å². The van der Waals surface area contributed by atoms with E-state index >= 15 is 0 Å². The zero-order valence-electron chi connectivity index (χ0n) is 8.82. The standard InChI is InChI=1S/C10H14N2O3/c1-8-5-9(12(13)14)7-10(6-8)15-4-3-11-2/h5-7,11H,3-4H2,1-2H3. The lowest BCUT2D eigenvalue weighted by atomic mass is 10.2. The molecule has 0 amide bonds. The predicted octanol–water partition coefficient (Wildman–Crippen LogP) is 1.50. The van der Waals surface area contributed by atoms with Crippen LogP contribution in [0.5, 0.6) is 5.75 Å². The van der Waals surface area contributed by atoms with Gasteiger partial charge in [-0.15, -0.1) is 0 Å². The van der Waals surface area contributed by atoms with Gasteiger partial charge in [0, 0.05) is 12.6 Å². The van der Waals surface area contributed by atoms with Gasteiger partial charge >= 0.3 is 0 Å². The molecule has 0 aliphatic rings. The van der Waals surface area contributed by atoms with Gasteiger partial charge in [0.15, 0.2) is 0 Å². The highest BCUT2D eigenvalue weighted by atomic mass is 16.6. The third kappa shape index (κ3) is 3.55. The molecule has 15 heavy (non-hydrogen) atoms. The Morgan fingerprint density at radius 2 is 2.20 bits per heavy atom. The molecule has 82 valence electrons. The number of likely N-dealkylation sites (N-methyl/N-ethyl adjacent to an activating group) is 1. The molecular weight excluding hydrogens is 196 g/mol. The van der Waals surface area contributed by atoms with Gasteiger partial charge in [-0.05, 0) is 25.6 Å². The summed E-state index contributed by atoms with van der Waals surface area (Å²) in [5.74, 6) is 0.539. The quantitative estimate of drug-likeness (QED) is 0.454. The van der Waals surface area contributed by atoms with Crippen molar-refractivity contribution in [2.75, 3.05) is 20.2 Å². The van der Waals surface area contributed by atoms with E-state index in [0.717, 1.165) is 5.56 Å². The fourth-order valence-electron chi connectivity index (χ4n) is 1.19. The molecule has 0 fully saturated rings. The van der Waals surface area contributed by atoms with Gasteiger partial charge in [-0.3, -0.25) is 10.1 Å². The third-order valence-electron chi connectivity index (χ3n) is 1.87. The number of nitrogens with one attached hydrogen (secondary N) is 1. The average molecular weight is 210 g/mol. The molecule has 0 aliphatic carbocycles. The van der Waals surface area contributed by atoms with Crippen LogP contribution in [-0.2, 0) is 0 Å². The lowest BCUT2D eigenvalue weighted by Gasteiger charge is -2.06. The fourth-order valence-corrected chi connectivity index (χ4v) is 1.19. The molecule has 1 aromatic rings. The molecule has 0 saturated carbocycles. The average Bonchev–Trinajstić information content (AvgIpc) is 2.17. The number of ether oxygens (including phenoxy) is 1. The van der Waals surface area contributed by atoms with E-state index in [1.807, 2.05) is 7.05 Å². The minimum absolute atomic E-state index is 0.0643. The Hall–Kier alpha value is -1.62. The van der Waals surface area contributed by atoms with Crippen molar-refractivity contribution in [1.82, 2.24) is 5.32 Å². The van der Waals surface area contributed by atoms with Gasteiger partial charge in [-0.25, -0.2) is 0 Å². The summed E-state index contributed by atoms with van der Waals surface area (Å²) in [7, 11) is 1.82. The number of benzene rings is 1. The molecule has 0 bridgehead atoms. The van der Waals surface area contributed by atoms with Crippen LogP contribution < -0.4 is 10.1 Å². The van der Waals surface area contributed by atoms with Crippen LogP contribution in [0.25, 0.3) is 0 Å². The number of hydrogen-bond acceptors (Lipinski definition) is 4. The first-order chi connectivity index (χ1) is 7.13. The van der Waals surface area contributed by atoms with Gasteiger partial charge < -0.3 is 10.1 Å². The third-order valence-corrected chi connectivity index (χ3v) is 1.87. The van der Waals surface area contributed by atoms with E-state index in [-0.39, 0.29) is 5.69 Å². The maximum absolute atomic E-state index is 10.6. The second kappa shape index (κ2) is 5.31. The smallest absolute Gasteiger partial charge is 0.273 e. The second-order valence-corrected chi connectivity index (χ2v) is 3.21. The largest absolute Gasteiger partial charge is 0.492 e. The van der Waals surface area contributed by atoms with E-state index in [1.54, 1.807) is 13.0 Å². The zero-order valence-corrected chi connectivity index (χ0v) is 8.82. The monoisotopic (exact) mass is 210 g/mol. The van der Waals surface area contributed by atoms with E-state index in [0.29, 0.717) is 18.9 Å². The Morgan fingerprint density at radius 1 is 1.47 bits per heavy atom. The van der Waals surface area contributed by atoms with E-state index in [4.69, 9.17) is 4.74 Å². The van der Waals surface area contributed by atoms with Gasteiger partial charge in [0.1, 0.15) is 12.4 Å². The van der Waals surface area contributed by atoms with E-state index in [1.165, 1.54) is 12.1 Å². The molecule has 0 aromatic heterocycles. The molecule has 0 saturated heterocycles. The van der Waals surface area contributed by atoms with Crippen LogP contribution in [0.15, 0.2) is 18.2 Å². The first-order valence-electron chi connectivity index (χ1n) is 4.67. The minimum Gasteiger partial charge on any atom is -0.492 e. The minimum atomic E-state index is -0.419. The lowest BCUT2D eigenvalue weighted by Crippen LogP contribution is -2.16. The van der Waals surface area contributed by atoms with Gasteiger partial charge in [0.05, 0.1) is 11.0 Å². The molecule has 1 rings (SSSR count). The summed E-state index contributed by atoms with van der Waals surface area (Å²) in [5.41, 5.74) is 0.887. The molecule has 5 heteroatoms. The van der Waals surface area contributed by atoms with Gasteiger partial charge in [-0.1, -0.05) is 0 Å². The molecule has 0 atom stereocenters. The van der Waals surface area contributed by atoms with Crippen molar-refractivity contribution < 1.29 is 9.66 Å². The molecule has 1 aromatic carbocycles. The SMILES string of the molecule is CNCCOc1cc(C)cc([N+](=O)[O-])c1.